The summed E-state index contributed by atoms with van der Waals surface area (Å²) in [7, 11) is 0. The number of benzene rings is 2. The van der Waals surface area contributed by atoms with E-state index >= 15 is 0 Å². The molecule has 0 atom stereocenters. The van der Waals surface area contributed by atoms with Gasteiger partial charge < -0.3 is 4.42 Å². The van der Waals surface area contributed by atoms with Crippen molar-refractivity contribution in [2.75, 3.05) is 5.32 Å². The molecule has 0 saturated carbocycles. The van der Waals surface area contributed by atoms with Crippen LogP contribution in [0.25, 0.3) is 22.2 Å². The molecule has 2 aromatic heterocycles. The summed E-state index contributed by atoms with van der Waals surface area (Å²) in [4.78, 5) is 30.0. The Morgan fingerprint density at radius 1 is 1.18 bits per heavy atom. The second-order valence-electron chi connectivity index (χ2n) is 6.01. The molecule has 140 valence electrons. The molecule has 0 aliphatic carbocycles. The zero-order valence-electron chi connectivity index (χ0n) is 14.5. The molecule has 5 nitrogen and oxygen atoms in total. The quantitative estimate of drug-likeness (QED) is 0.418. The van der Waals surface area contributed by atoms with Gasteiger partial charge in [0.25, 0.3) is 5.91 Å². The summed E-state index contributed by atoms with van der Waals surface area (Å²) in [5, 5.41) is 3.61. The van der Waals surface area contributed by atoms with Crippen molar-refractivity contribution in [2.45, 2.75) is 6.92 Å². The normalized spacial score (nSPS) is 11.0. The fraction of sp³-hybridized carbons (Fsp3) is 0.0500. The van der Waals surface area contributed by atoms with Crippen LogP contribution in [0.3, 0.4) is 0 Å². The molecule has 0 bridgehead atoms. The number of hydrogen-bond donors (Lipinski definition) is 1. The first-order chi connectivity index (χ1) is 13.4. The number of carbonyl (C=O) groups excluding carboxylic acids is 1. The predicted octanol–water partition coefficient (Wildman–Crippen LogP) is 5.38. The van der Waals surface area contributed by atoms with Crippen LogP contribution >= 0.6 is 27.3 Å². The van der Waals surface area contributed by atoms with Crippen LogP contribution in [0.5, 0.6) is 0 Å². The van der Waals surface area contributed by atoms with Crippen molar-refractivity contribution in [3.8, 4) is 11.3 Å². The number of carbonyl (C=O) groups is 1. The predicted molar refractivity (Wildman–Crippen MR) is 110 cm³/mol. The van der Waals surface area contributed by atoms with Crippen molar-refractivity contribution >= 4 is 49.3 Å². The largest absolute Gasteiger partial charge is 0.422 e. The van der Waals surface area contributed by atoms with E-state index in [4.69, 9.17) is 4.42 Å². The third kappa shape index (κ3) is 3.61. The summed E-state index contributed by atoms with van der Waals surface area (Å²) in [6, 6.07) is 12.6. The Kier molecular flexibility index (Phi) is 4.82. The minimum atomic E-state index is -0.723. The highest BCUT2D eigenvalue weighted by atomic mass is 79.9. The smallest absolute Gasteiger partial charge is 0.349 e. The number of aryl methyl sites for hydroxylation is 1. The molecule has 0 fully saturated rings. The lowest BCUT2D eigenvalue weighted by molar-refractivity contribution is 0.102. The molecule has 1 amide bonds. The van der Waals surface area contributed by atoms with Gasteiger partial charge in [0.15, 0.2) is 5.13 Å². The van der Waals surface area contributed by atoms with Crippen molar-refractivity contribution in [3.63, 3.8) is 0 Å². The molecule has 0 spiro atoms. The van der Waals surface area contributed by atoms with Gasteiger partial charge >= 0.3 is 5.63 Å². The minimum absolute atomic E-state index is 0.109. The Bertz CT molecular complexity index is 1260. The van der Waals surface area contributed by atoms with E-state index < -0.39 is 11.5 Å². The van der Waals surface area contributed by atoms with Crippen LogP contribution in [0.15, 0.2) is 62.2 Å². The average molecular weight is 459 g/mol. The molecular formula is C20H12BrFN2O3S. The van der Waals surface area contributed by atoms with Crippen LogP contribution in [-0.2, 0) is 0 Å². The molecule has 4 rings (SSSR count). The van der Waals surface area contributed by atoms with E-state index in [1.807, 2.05) is 6.92 Å². The summed E-state index contributed by atoms with van der Waals surface area (Å²) < 4.78 is 19.2. The second kappa shape index (κ2) is 7.29. The number of anilines is 1. The Balaban J connectivity index is 1.65. The zero-order valence-corrected chi connectivity index (χ0v) is 16.9. The Hall–Kier alpha value is -2.84. The van der Waals surface area contributed by atoms with Gasteiger partial charge in [0, 0.05) is 20.3 Å². The number of thiazole rings is 1. The lowest BCUT2D eigenvalue weighted by Crippen LogP contribution is -2.20. The fourth-order valence-corrected chi connectivity index (χ4v) is 3.95. The molecule has 0 saturated heterocycles. The topological polar surface area (TPSA) is 72.2 Å². The molecular weight excluding hydrogens is 447 g/mol. The molecule has 2 heterocycles. The van der Waals surface area contributed by atoms with Crippen LogP contribution in [0.4, 0.5) is 9.52 Å². The van der Waals surface area contributed by atoms with E-state index in [9.17, 15) is 14.0 Å². The number of hydrogen-bond acceptors (Lipinski definition) is 5. The van der Waals surface area contributed by atoms with E-state index in [-0.39, 0.29) is 11.4 Å². The Morgan fingerprint density at radius 3 is 2.68 bits per heavy atom. The summed E-state index contributed by atoms with van der Waals surface area (Å²) >= 11 is 4.62. The van der Waals surface area contributed by atoms with Gasteiger partial charge in [-0.1, -0.05) is 15.9 Å². The number of nitrogens with one attached hydrogen (secondary N) is 1. The van der Waals surface area contributed by atoms with Crippen molar-refractivity contribution in [1.29, 1.82) is 0 Å². The number of aromatic nitrogens is 1. The van der Waals surface area contributed by atoms with E-state index in [0.29, 0.717) is 21.8 Å². The highest BCUT2D eigenvalue weighted by Crippen LogP contribution is 2.30. The molecule has 2 aromatic carbocycles. The zero-order chi connectivity index (χ0) is 19.8. The summed E-state index contributed by atoms with van der Waals surface area (Å²) in [5.74, 6) is -0.935. The van der Waals surface area contributed by atoms with Crippen LogP contribution in [0.1, 0.15) is 15.2 Å². The van der Waals surface area contributed by atoms with Gasteiger partial charge in [0.2, 0.25) is 0 Å². The number of nitrogens with zero attached hydrogens (tertiary/aromatic N) is 1. The average Bonchev–Trinajstić information content (AvgIpc) is 3.02. The van der Waals surface area contributed by atoms with E-state index in [2.05, 4.69) is 26.2 Å². The van der Waals surface area contributed by atoms with Gasteiger partial charge in [-0.15, -0.1) is 11.3 Å². The van der Waals surface area contributed by atoms with Gasteiger partial charge in [0.05, 0.1) is 5.69 Å². The van der Waals surface area contributed by atoms with Crippen molar-refractivity contribution in [2.24, 2.45) is 0 Å². The molecule has 4 aromatic rings. The van der Waals surface area contributed by atoms with Crippen molar-refractivity contribution < 1.29 is 13.6 Å². The molecule has 0 aliphatic rings. The molecule has 1 N–H and O–H groups in total. The molecule has 0 unspecified atom stereocenters. The summed E-state index contributed by atoms with van der Waals surface area (Å²) in [6.07, 6.45) is 0. The highest BCUT2D eigenvalue weighted by molar-refractivity contribution is 9.10. The Morgan fingerprint density at radius 2 is 1.93 bits per heavy atom. The van der Waals surface area contributed by atoms with Crippen LogP contribution in [0, 0.1) is 12.7 Å². The molecule has 8 heteroatoms. The van der Waals surface area contributed by atoms with Gasteiger partial charge in [-0.25, -0.2) is 14.2 Å². The van der Waals surface area contributed by atoms with E-state index in [1.54, 1.807) is 30.3 Å². The summed E-state index contributed by atoms with van der Waals surface area (Å²) in [5.41, 5.74) is 0.954. The highest BCUT2D eigenvalue weighted by Gasteiger charge is 2.17. The van der Waals surface area contributed by atoms with Gasteiger partial charge in [-0.05, 0) is 55.5 Å². The lowest BCUT2D eigenvalue weighted by Gasteiger charge is -2.03. The van der Waals surface area contributed by atoms with Gasteiger partial charge in [-0.3, -0.25) is 10.1 Å². The maximum absolute atomic E-state index is 13.1. The van der Waals surface area contributed by atoms with Crippen LogP contribution < -0.4 is 10.9 Å². The first-order valence-corrected chi connectivity index (χ1v) is 9.80. The van der Waals surface area contributed by atoms with E-state index in [1.165, 1.54) is 29.5 Å². The third-order valence-electron chi connectivity index (χ3n) is 4.07. The number of fused-ring (bicyclic) bond motifs is 1. The first kappa shape index (κ1) is 18.5. The van der Waals surface area contributed by atoms with Crippen molar-refractivity contribution in [1.82, 2.24) is 4.98 Å². The van der Waals surface area contributed by atoms with Crippen LogP contribution in [0.2, 0.25) is 0 Å². The van der Waals surface area contributed by atoms with Crippen LogP contribution in [-0.4, -0.2) is 10.9 Å². The van der Waals surface area contributed by atoms with Gasteiger partial charge in [-0.2, -0.15) is 0 Å². The maximum Gasteiger partial charge on any atom is 0.349 e. The number of rotatable bonds is 3. The summed E-state index contributed by atoms with van der Waals surface area (Å²) in [6.45, 7) is 1.86. The third-order valence-corrected chi connectivity index (χ3v) is 5.45. The molecule has 0 aliphatic heterocycles. The second-order valence-corrected chi connectivity index (χ2v) is 8.13. The number of halogens is 2. The molecule has 28 heavy (non-hydrogen) atoms. The Labute approximate surface area is 171 Å². The first-order valence-electron chi connectivity index (χ1n) is 8.19. The van der Waals surface area contributed by atoms with Crippen molar-refractivity contribution in [3.05, 3.63) is 79.7 Å². The lowest BCUT2D eigenvalue weighted by atomic mass is 10.1. The molecule has 0 radical (unpaired) electrons. The standard InChI is InChI=1S/C20H12BrFN2O3S/c1-10-17(11-2-5-14(22)6-3-11)23-20(28-10)24-18(25)15-9-12-8-13(21)4-7-16(12)27-19(15)26/h2-9H,1H3,(H,23,24,25). The maximum atomic E-state index is 13.1. The minimum Gasteiger partial charge on any atom is -0.422 e. The number of amides is 1. The SMILES string of the molecule is Cc1sc(NC(=O)c2cc3cc(Br)ccc3oc2=O)nc1-c1ccc(F)cc1. The fourth-order valence-electron chi connectivity index (χ4n) is 2.74. The van der Waals surface area contributed by atoms with Gasteiger partial charge in [0.1, 0.15) is 17.0 Å². The van der Waals surface area contributed by atoms with E-state index in [0.717, 1.165) is 14.9 Å². The monoisotopic (exact) mass is 458 g/mol.